The zero-order chi connectivity index (χ0) is 18.2. The van der Waals surface area contributed by atoms with Crippen LogP contribution in [0.15, 0.2) is 47.6 Å². The van der Waals surface area contributed by atoms with Crippen LogP contribution in [0.1, 0.15) is 18.1 Å². The first-order chi connectivity index (χ1) is 12.0. The molecule has 1 N–H and O–H groups in total. The van der Waals surface area contributed by atoms with Crippen molar-refractivity contribution < 1.29 is 19.1 Å². The fraction of sp³-hybridized carbons (Fsp3) is 0.263. The first-order valence-corrected chi connectivity index (χ1v) is 7.82. The molecule has 25 heavy (non-hydrogen) atoms. The van der Waals surface area contributed by atoms with Gasteiger partial charge >= 0.3 is 0 Å². The maximum Gasteiger partial charge on any atom is 0.267 e. The van der Waals surface area contributed by atoms with Crippen LogP contribution in [0.2, 0.25) is 0 Å². The molecule has 0 bridgehead atoms. The van der Waals surface area contributed by atoms with Gasteiger partial charge in [-0.1, -0.05) is 17.3 Å². The minimum atomic E-state index is -0.725. The average molecular weight is 342 g/mol. The highest BCUT2D eigenvalue weighted by Crippen LogP contribution is 2.26. The fourth-order valence-electron chi connectivity index (χ4n) is 2.13. The number of nitrogens with one attached hydrogen (secondary N) is 1. The molecule has 0 unspecified atom stereocenters. The molecule has 0 heterocycles. The van der Waals surface area contributed by atoms with Crippen LogP contribution in [-0.4, -0.2) is 32.4 Å². The Bertz CT molecular complexity index is 759. The van der Waals surface area contributed by atoms with E-state index in [2.05, 4.69) is 10.5 Å². The predicted octanol–water partition coefficient (Wildman–Crippen LogP) is 3.39. The number of benzene rings is 2. The van der Waals surface area contributed by atoms with E-state index in [0.717, 1.165) is 16.8 Å². The number of aryl methyl sites for hydroxylation is 1. The van der Waals surface area contributed by atoms with Gasteiger partial charge in [0, 0.05) is 11.3 Å². The summed E-state index contributed by atoms with van der Waals surface area (Å²) < 4.78 is 10.4. The van der Waals surface area contributed by atoms with Crippen molar-refractivity contribution in [1.82, 2.24) is 0 Å². The predicted molar refractivity (Wildman–Crippen MR) is 97.5 cm³/mol. The summed E-state index contributed by atoms with van der Waals surface area (Å²) in [5.41, 5.74) is 2.56. The van der Waals surface area contributed by atoms with E-state index in [1.165, 1.54) is 6.21 Å². The summed E-state index contributed by atoms with van der Waals surface area (Å²) in [4.78, 5) is 17.3. The molecule has 2 aromatic carbocycles. The highest BCUT2D eigenvalue weighted by Gasteiger charge is 2.14. The van der Waals surface area contributed by atoms with Gasteiger partial charge in [0.1, 0.15) is 0 Å². The molecule has 0 spiro atoms. The quantitative estimate of drug-likeness (QED) is 0.618. The second-order valence-corrected chi connectivity index (χ2v) is 5.46. The van der Waals surface area contributed by atoms with E-state index >= 15 is 0 Å². The Hall–Kier alpha value is -3.02. The van der Waals surface area contributed by atoms with Crippen LogP contribution in [0.5, 0.6) is 11.5 Å². The molecule has 0 saturated heterocycles. The second-order valence-electron chi connectivity index (χ2n) is 5.46. The number of carbonyl (C=O) groups excluding carboxylic acids is 1. The van der Waals surface area contributed by atoms with Gasteiger partial charge in [0.05, 0.1) is 20.4 Å². The zero-order valence-corrected chi connectivity index (χ0v) is 14.8. The van der Waals surface area contributed by atoms with Crippen LogP contribution in [-0.2, 0) is 9.63 Å². The molecule has 1 atom stereocenters. The van der Waals surface area contributed by atoms with Crippen LogP contribution in [0.4, 0.5) is 5.69 Å². The topological polar surface area (TPSA) is 69.2 Å². The number of hydrogen-bond acceptors (Lipinski definition) is 5. The fourth-order valence-corrected chi connectivity index (χ4v) is 2.13. The first-order valence-electron chi connectivity index (χ1n) is 7.82. The number of ether oxygens (including phenoxy) is 2. The van der Waals surface area contributed by atoms with E-state index in [-0.39, 0.29) is 5.91 Å². The third kappa shape index (κ3) is 5.24. The van der Waals surface area contributed by atoms with Gasteiger partial charge in [-0.15, -0.1) is 0 Å². The minimum absolute atomic E-state index is 0.268. The number of nitrogens with zero attached hydrogens (tertiary/aromatic N) is 1. The number of oxime groups is 1. The lowest BCUT2D eigenvalue weighted by atomic mass is 10.2. The number of methoxy groups -OCH3 is 2. The molecule has 0 aliphatic heterocycles. The van der Waals surface area contributed by atoms with Crippen molar-refractivity contribution in [3.63, 3.8) is 0 Å². The van der Waals surface area contributed by atoms with Crippen molar-refractivity contribution in [3.8, 4) is 11.5 Å². The number of anilines is 1. The Labute approximate surface area is 147 Å². The Morgan fingerprint density at radius 2 is 1.88 bits per heavy atom. The molecule has 6 nitrogen and oxygen atoms in total. The van der Waals surface area contributed by atoms with Crippen molar-refractivity contribution in [1.29, 1.82) is 0 Å². The van der Waals surface area contributed by atoms with E-state index in [0.29, 0.717) is 11.5 Å². The van der Waals surface area contributed by atoms with E-state index in [1.807, 2.05) is 37.3 Å². The van der Waals surface area contributed by atoms with Gasteiger partial charge in [-0.3, -0.25) is 4.79 Å². The SMILES string of the molecule is COc1ccc(/C=N\O[C@H](C)C(=O)Nc2cccc(C)c2)cc1OC. The van der Waals surface area contributed by atoms with Crippen molar-refractivity contribution in [2.45, 2.75) is 20.0 Å². The van der Waals surface area contributed by atoms with Gasteiger partial charge in [0.15, 0.2) is 11.5 Å². The zero-order valence-electron chi connectivity index (χ0n) is 14.8. The van der Waals surface area contributed by atoms with Gasteiger partial charge in [-0.2, -0.15) is 0 Å². The molecule has 6 heteroatoms. The molecule has 0 fully saturated rings. The molecule has 2 rings (SSSR count). The smallest absolute Gasteiger partial charge is 0.267 e. The average Bonchev–Trinajstić information content (AvgIpc) is 2.61. The molecule has 0 aliphatic carbocycles. The highest BCUT2D eigenvalue weighted by atomic mass is 16.6. The Morgan fingerprint density at radius 1 is 1.12 bits per heavy atom. The third-order valence-corrected chi connectivity index (χ3v) is 3.48. The number of rotatable bonds is 7. The summed E-state index contributed by atoms with van der Waals surface area (Å²) in [5.74, 6) is 0.957. The Balaban J connectivity index is 1.93. The van der Waals surface area contributed by atoms with E-state index in [4.69, 9.17) is 14.3 Å². The normalized spacial score (nSPS) is 11.8. The molecular weight excluding hydrogens is 320 g/mol. The Morgan fingerprint density at radius 3 is 2.56 bits per heavy atom. The van der Waals surface area contributed by atoms with E-state index < -0.39 is 6.10 Å². The largest absolute Gasteiger partial charge is 0.493 e. The standard InChI is InChI=1S/C19H22N2O4/c1-13-6-5-7-16(10-13)21-19(22)14(2)25-20-12-15-8-9-17(23-3)18(11-15)24-4/h5-12,14H,1-4H3,(H,21,22)/b20-12-/t14-/m1/s1. The number of amides is 1. The minimum Gasteiger partial charge on any atom is -0.493 e. The second kappa shape index (κ2) is 8.73. The number of hydrogen-bond donors (Lipinski definition) is 1. The molecule has 2 aromatic rings. The van der Waals surface area contributed by atoms with Crippen LogP contribution in [0.3, 0.4) is 0 Å². The summed E-state index contributed by atoms with van der Waals surface area (Å²) in [6.07, 6.45) is 0.787. The van der Waals surface area contributed by atoms with Gasteiger partial charge in [0.2, 0.25) is 6.10 Å². The molecule has 1 amide bonds. The van der Waals surface area contributed by atoms with Crippen LogP contribution in [0.25, 0.3) is 0 Å². The van der Waals surface area contributed by atoms with Crippen LogP contribution in [0, 0.1) is 6.92 Å². The van der Waals surface area contributed by atoms with Gasteiger partial charge in [0.25, 0.3) is 5.91 Å². The lowest BCUT2D eigenvalue weighted by molar-refractivity contribution is -0.126. The molecule has 132 valence electrons. The van der Waals surface area contributed by atoms with Crippen molar-refractivity contribution >= 4 is 17.8 Å². The Kier molecular flexibility index (Phi) is 6.39. The molecule has 0 saturated carbocycles. The summed E-state index contributed by atoms with van der Waals surface area (Å²) in [6, 6.07) is 12.9. The van der Waals surface area contributed by atoms with E-state index in [1.54, 1.807) is 33.3 Å². The summed E-state index contributed by atoms with van der Waals surface area (Å²) in [7, 11) is 3.14. The first kappa shape index (κ1) is 18.3. The van der Waals surface area contributed by atoms with Gasteiger partial charge in [-0.05, 0) is 49.7 Å². The number of carbonyl (C=O) groups is 1. The van der Waals surface area contributed by atoms with Crippen molar-refractivity contribution in [2.75, 3.05) is 19.5 Å². The molecule has 0 aliphatic rings. The summed E-state index contributed by atoms with van der Waals surface area (Å²) in [5, 5.41) is 6.66. The van der Waals surface area contributed by atoms with Crippen molar-refractivity contribution in [2.24, 2.45) is 5.16 Å². The summed E-state index contributed by atoms with van der Waals surface area (Å²) in [6.45, 7) is 3.60. The molecule has 0 radical (unpaired) electrons. The lowest BCUT2D eigenvalue weighted by Gasteiger charge is -2.11. The molecular formula is C19H22N2O4. The van der Waals surface area contributed by atoms with E-state index in [9.17, 15) is 4.79 Å². The maximum absolute atomic E-state index is 12.1. The molecule has 0 aromatic heterocycles. The maximum atomic E-state index is 12.1. The van der Waals surface area contributed by atoms with Crippen molar-refractivity contribution in [3.05, 3.63) is 53.6 Å². The van der Waals surface area contributed by atoms with Crippen LogP contribution < -0.4 is 14.8 Å². The monoisotopic (exact) mass is 342 g/mol. The van der Waals surface area contributed by atoms with Crippen LogP contribution >= 0.6 is 0 Å². The lowest BCUT2D eigenvalue weighted by Crippen LogP contribution is -2.26. The third-order valence-electron chi connectivity index (χ3n) is 3.48. The highest BCUT2D eigenvalue weighted by molar-refractivity contribution is 5.94. The van der Waals surface area contributed by atoms with Gasteiger partial charge in [-0.25, -0.2) is 0 Å². The van der Waals surface area contributed by atoms with Gasteiger partial charge < -0.3 is 19.6 Å². The summed E-state index contributed by atoms with van der Waals surface area (Å²) >= 11 is 0.